The lowest BCUT2D eigenvalue weighted by Gasteiger charge is -2.36. The van der Waals surface area contributed by atoms with Gasteiger partial charge in [0.25, 0.3) is 11.9 Å². The van der Waals surface area contributed by atoms with Gasteiger partial charge in [0.05, 0.1) is 6.42 Å². The summed E-state index contributed by atoms with van der Waals surface area (Å²) in [6.07, 6.45) is 0.230. The smallest absolute Gasteiger partial charge is 0.253 e. The van der Waals surface area contributed by atoms with Gasteiger partial charge in [0.1, 0.15) is 5.69 Å². The molecule has 1 aliphatic heterocycles. The molecule has 0 atom stereocenters. The predicted octanol–water partition coefficient (Wildman–Crippen LogP) is 2.84. The summed E-state index contributed by atoms with van der Waals surface area (Å²) in [4.78, 5) is 17.8. The number of pyridine rings is 1. The summed E-state index contributed by atoms with van der Waals surface area (Å²) in [7, 11) is 0. The third-order valence-corrected chi connectivity index (χ3v) is 4.53. The summed E-state index contributed by atoms with van der Waals surface area (Å²) >= 11 is 0. The number of halogens is 4. The van der Waals surface area contributed by atoms with Crippen molar-refractivity contribution < 1.29 is 22.4 Å². The van der Waals surface area contributed by atoms with Gasteiger partial charge in [-0.15, -0.1) is 0 Å². The fraction of sp³-hybridized carbons (Fsp3) is 0.333. The first-order valence-electron chi connectivity index (χ1n) is 8.15. The number of aryl methyl sites for hydroxylation is 1. The van der Waals surface area contributed by atoms with Gasteiger partial charge in [0, 0.05) is 26.2 Å². The molecule has 2 aromatic rings. The van der Waals surface area contributed by atoms with Crippen LogP contribution in [0.4, 0.5) is 23.2 Å². The predicted molar refractivity (Wildman–Crippen MR) is 87.7 cm³/mol. The summed E-state index contributed by atoms with van der Waals surface area (Å²) in [5.74, 6) is -6.52. The van der Waals surface area contributed by atoms with Gasteiger partial charge >= 0.3 is 0 Å². The molecule has 0 unspecified atom stereocenters. The van der Waals surface area contributed by atoms with Crippen molar-refractivity contribution in [2.75, 3.05) is 31.1 Å². The molecule has 2 heterocycles. The zero-order valence-corrected chi connectivity index (χ0v) is 14.1. The van der Waals surface area contributed by atoms with E-state index in [1.165, 1.54) is 4.90 Å². The molecule has 0 N–H and O–H groups in total. The molecule has 0 bridgehead atoms. The van der Waals surface area contributed by atoms with E-state index in [2.05, 4.69) is 4.98 Å². The monoisotopic (exact) mass is 367 g/mol. The highest BCUT2D eigenvalue weighted by atomic mass is 19.2. The minimum Gasteiger partial charge on any atom is -0.363 e. The van der Waals surface area contributed by atoms with E-state index < -0.39 is 29.2 Å². The maximum absolute atomic E-state index is 13.8. The normalized spacial score (nSPS) is 14.7. The zero-order valence-electron chi connectivity index (χ0n) is 14.1. The fourth-order valence-electron chi connectivity index (χ4n) is 3.02. The third-order valence-electron chi connectivity index (χ3n) is 4.53. The molecule has 8 heteroatoms. The SMILES string of the molecule is Cc1ccccc1CC(=O)N1CCN(c2c(F)c(F)nc(F)c2F)CC1. The lowest BCUT2D eigenvalue weighted by molar-refractivity contribution is -0.130. The molecule has 138 valence electrons. The number of aromatic nitrogens is 1. The molecule has 1 saturated heterocycles. The molecular formula is C18H17F4N3O. The van der Waals surface area contributed by atoms with Crippen LogP contribution in [0.3, 0.4) is 0 Å². The molecule has 4 nitrogen and oxygen atoms in total. The van der Waals surface area contributed by atoms with Crippen molar-refractivity contribution in [2.24, 2.45) is 0 Å². The van der Waals surface area contributed by atoms with Crippen LogP contribution in [0.25, 0.3) is 0 Å². The molecule has 1 aromatic heterocycles. The Balaban J connectivity index is 1.68. The molecule has 1 aliphatic rings. The van der Waals surface area contributed by atoms with E-state index in [1.807, 2.05) is 31.2 Å². The van der Waals surface area contributed by atoms with Crippen LogP contribution in [-0.2, 0) is 11.2 Å². The van der Waals surface area contributed by atoms with Crippen molar-refractivity contribution in [1.82, 2.24) is 9.88 Å². The summed E-state index contributed by atoms with van der Waals surface area (Å²) < 4.78 is 54.2. The molecule has 0 aliphatic carbocycles. The number of hydrogen-bond donors (Lipinski definition) is 0. The van der Waals surface area contributed by atoms with Gasteiger partial charge in [-0.1, -0.05) is 24.3 Å². The second-order valence-corrected chi connectivity index (χ2v) is 6.14. The second kappa shape index (κ2) is 7.31. The minimum absolute atomic E-state index is 0.0657. The molecule has 3 rings (SSSR count). The van der Waals surface area contributed by atoms with Crippen molar-refractivity contribution in [1.29, 1.82) is 0 Å². The molecule has 1 fully saturated rings. The molecule has 0 radical (unpaired) electrons. The average Bonchev–Trinajstić information content (AvgIpc) is 2.63. The summed E-state index contributed by atoms with van der Waals surface area (Å²) in [5, 5.41) is 0. The maximum Gasteiger partial charge on any atom is 0.253 e. The van der Waals surface area contributed by atoms with Crippen LogP contribution < -0.4 is 4.90 Å². The maximum atomic E-state index is 13.8. The van der Waals surface area contributed by atoms with Gasteiger partial charge in [-0.25, -0.2) is 0 Å². The number of nitrogens with zero attached hydrogens (tertiary/aromatic N) is 3. The van der Waals surface area contributed by atoms with Gasteiger partial charge in [-0.05, 0) is 18.1 Å². The lowest BCUT2D eigenvalue weighted by atomic mass is 10.1. The number of piperazine rings is 1. The molecule has 1 aromatic carbocycles. The van der Waals surface area contributed by atoms with Gasteiger partial charge in [-0.3, -0.25) is 4.79 Å². The Morgan fingerprint density at radius 2 is 1.58 bits per heavy atom. The number of rotatable bonds is 3. The first-order chi connectivity index (χ1) is 12.4. The van der Waals surface area contributed by atoms with Gasteiger partial charge in [-0.2, -0.15) is 22.5 Å². The lowest BCUT2D eigenvalue weighted by Crippen LogP contribution is -2.49. The molecule has 0 spiro atoms. The minimum atomic E-state index is -1.68. The highest BCUT2D eigenvalue weighted by Gasteiger charge is 2.29. The Kier molecular flexibility index (Phi) is 5.11. The number of amides is 1. The van der Waals surface area contributed by atoms with Gasteiger partial charge in [0.15, 0.2) is 0 Å². The van der Waals surface area contributed by atoms with Crippen LogP contribution in [0.15, 0.2) is 24.3 Å². The summed E-state index contributed by atoms with van der Waals surface area (Å²) in [6.45, 7) is 2.45. The van der Waals surface area contributed by atoms with E-state index in [0.29, 0.717) is 0 Å². The number of anilines is 1. The first kappa shape index (κ1) is 18.2. The second-order valence-electron chi connectivity index (χ2n) is 6.14. The Bertz CT molecular complexity index is 809. The van der Waals surface area contributed by atoms with Crippen LogP contribution in [0.5, 0.6) is 0 Å². The molecular weight excluding hydrogens is 350 g/mol. The number of hydrogen-bond acceptors (Lipinski definition) is 3. The Hall–Kier alpha value is -2.64. The van der Waals surface area contributed by atoms with Crippen molar-refractivity contribution in [3.63, 3.8) is 0 Å². The summed E-state index contributed by atoms with van der Waals surface area (Å²) in [6, 6.07) is 7.53. The van der Waals surface area contributed by atoms with Crippen molar-refractivity contribution in [2.45, 2.75) is 13.3 Å². The van der Waals surface area contributed by atoms with Crippen LogP contribution in [0.2, 0.25) is 0 Å². The average molecular weight is 367 g/mol. The topological polar surface area (TPSA) is 36.4 Å². The molecule has 0 saturated carbocycles. The summed E-state index contributed by atoms with van der Waals surface area (Å²) in [5.41, 5.74) is 1.14. The van der Waals surface area contributed by atoms with E-state index >= 15 is 0 Å². The molecule has 26 heavy (non-hydrogen) atoms. The van der Waals surface area contributed by atoms with E-state index in [9.17, 15) is 22.4 Å². The van der Waals surface area contributed by atoms with E-state index in [1.54, 1.807) is 4.90 Å². The zero-order chi connectivity index (χ0) is 18.8. The number of carbonyl (C=O) groups is 1. The van der Waals surface area contributed by atoms with E-state index in [0.717, 1.165) is 11.1 Å². The largest absolute Gasteiger partial charge is 0.363 e. The third kappa shape index (κ3) is 3.49. The number of carbonyl (C=O) groups excluding carboxylic acids is 1. The Labute approximate surface area is 148 Å². The van der Waals surface area contributed by atoms with Crippen molar-refractivity contribution in [3.05, 3.63) is 58.9 Å². The van der Waals surface area contributed by atoms with Crippen molar-refractivity contribution >= 4 is 11.6 Å². The van der Waals surface area contributed by atoms with E-state index in [4.69, 9.17) is 0 Å². The standard InChI is InChI=1S/C18H17F4N3O/c1-11-4-2-3-5-12(11)10-13(26)24-6-8-25(9-7-24)16-14(19)17(21)23-18(22)15(16)20/h2-5H,6-10H2,1H3. The fourth-order valence-corrected chi connectivity index (χ4v) is 3.02. The highest BCUT2D eigenvalue weighted by molar-refractivity contribution is 5.79. The Morgan fingerprint density at radius 1 is 1.00 bits per heavy atom. The highest BCUT2D eigenvalue weighted by Crippen LogP contribution is 2.27. The van der Waals surface area contributed by atoms with E-state index in [-0.39, 0.29) is 38.5 Å². The first-order valence-corrected chi connectivity index (χ1v) is 8.15. The van der Waals surface area contributed by atoms with Crippen LogP contribution in [0.1, 0.15) is 11.1 Å². The number of benzene rings is 1. The molecule has 1 amide bonds. The van der Waals surface area contributed by atoms with Crippen LogP contribution >= 0.6 is 0 Å². The van der Waals surface area contributed by atoms with Crippen molar-refractivity contribution in [3.8, 4) is 0 Å². The van der Waals surface area contributed by atoms with Gasteiger partial charge < -0.3 is 9.80 Å². The van der Waals surface area contributed by atoms with Crippen LogP contribution in [0, 0.1) is 30.5 Å². The Morgan fingerprint density at radius 3 is 2.15 bits per heavy atom. The van der Waals surface area contributed by atoms with Crippen LogP contribution in [-0.4, -0.2) is 42.0 Å². The quantitative estimate of drug-likeness (QED) is 0.618. The van der Waals surface area contributed by atoms with Gasteiger partial charge in [0.2, 0.25) is 17.5 Å².